The Balaban J connectivity index is 2.38. The third kappa shape index (κ3) is 4.64. The summed E-state index contributed by atoms with van der Waals surface area (Å²) in [7, 11) is 0. The Morgan fingerprint density at radius 3 is 2.33 bits per heavy atom. The van der Waals surface area contributed by atoms with E-state index in [4.69, 9.17) is 10.8 Å². The maximum absolute atomic E-state index is 12.0. The van der Waals surface area contributed by atoms with Crippen LogP contribution in [0.25, 0.3) is 0 Å². The molecule has 18 heavy (non-hydrogen) atoms. The molecule has 0 aromatic heterocycles. The van der Waals surface area contributed by atoms with Crippen molar-refractivity contribution in [2.45, 2.75) is 45.6 Å². The van der Waals surface area contributed by atoms with Gasteiger partial charge in [0.15, 0.2) is 0 Å². The lowest BCUT2D eigenvalue weighted by Gasteiger charge is -2.33. The summed E-state index contributed by atoms with van der Waals surface area (Å²) in [6, 6.07) is -0.416. The molecule has 1 fully saturated rings. The number of piperidine rings is 1. The molecule has 1 aliphatic heterocycles. The van der Waals surface area contributed by atoms with Crippen LogP contribution in [0.1, 0.15) is 39.5 Å². The van der Waals surface area contributed by atoms with Gasteiger partial charge >= 0.3 is 5.97 Å². The molecule has 0 unspecified atom stereocenters. The van der Waals surface area contributed by atoms with Crippen molar-refractivity contribution >= 4 is 11.9 Å². The van der Waals surface area contributed by atoms with Crippen LogP contribution in [-0.2, 0) is 9.59 Å². The van der Waals surface area contributed by atoms with Crippen molar-refractivity contribution in [1.82, 2.24) is 4.90 Å². The van der Waals surface area contributed by atoms with Crippen LogP contribution in [-0.4, -0.2) is 41.0 Å². The van der Waals surface area contributed by atoms with E-state index < -0.39 is 12.0 Å². The zero-order chi connectivity index (χ0) is 13.7. The van der Waals surface area contributed by atoms with Crippen LogP contribution in [0.2, 0.25) is 0 Å². The summed E-state index contributed by atoms with van der Waals surface area (Å²) in [6.45, 7) is 5.38. The first-order valence-electron chi connectivity index (χ1n) is 6.66. The second kappa shape index (κ2) is 6.73. The number of nitrogens with zero attached hydrogens (tertiary/aromatic N) is 1. The van der Waals surface area contributed by atoms with Gasteiger partial charge < -0.3 is 15.7 Å². The molecule has 104 valence electrons. The summed E-state index contributed by atoms with van der Waals surface area (Å²) in [6.07, 6.45) is 2.45. The fourth-order valence-electron chi connectivity index (χ4n) is 2.45. The third-order valence-corrected chi connectivity index (χ3v) is 3.43. The summed E-state index contributed by atoms with van der Waals surface area (Å²) in [5, 5.41) is 8.73. The Kier molecular flexibility index (Phi) is 5.59. The van der Waals surface area contributed by atoms with Gasteiger partial charge in [-0.15, -0.1) is 0 Å². The summed E-state index contributed by atoms with van der Waals surface area (Å²) in [4.78, 5) is 24.4. The van der Waals surface area contributed by atoms with Crippen molar-refractivity contribution < 1.29 is 14.7 Å². The fraction of sp³-hybridized carbons (Fsp3) is 0.846. The third-order valence-electron chi connectivity index (χ3n) is 3.43. The molecule has 0 spiro atoms. The molecule has 0 saturated carbocycles. The lowest BCUT2D eigenvalue weighted by Crippen LogP contribution is -2.47. The smallest absolute Gasteiger partial charge is 0.303 e. The standard InChI is InChI=1S/C13H24N2O3/c1-9(2)7-11(14)13(18)15-5-3-10(4-6-15)8-12(16)17/h9-11H,3-8,14H2,1-2H3,(H,16,17)/t11-/m1/s1. The number of likely N-dealkylation sites (tertiary alicyclic amines) is 1. The summed E-state index contributed by atoms with van der Waals surface area (Å²) < 4.78 is 0. The Morgan fingerprint density at radius 1 is 1.33 bits per heavy atom. The largest absolute Gasteiger partial charge is 0.481 e. The van der Waals surface area contributed by atoms with Crippen LogP contribution in [0, 0.1) is 11.8 Å². The number of carboxylic acid groups (broad SMARTS) is 1. The molecule has 0 aromatic rings. The Morgan fingerprint density at radius 2 is 1.89 bits per heavy atom. The summed E-state index contributed by atoms with van der Waals surface area (Å²) >= 11 is 0. The maximum Gasteiger partial charge on any atom is 0.303 e. The quantitative estimate of drug-likeness (QED) is 0.770. The molecule has 3 N–H and O–H groups in total. The Hall–Kier alpha value is -1.10. The maximum atomic E-state index is 12.0. The van der Waals surface area contributed by atoms with Crippen LogP contribution < -0.4 is 5.73 Å². The van der Waals surface area contributed by atoms with Crippen LogP contribution in [0.15, 0.2) is 0 Å². The number of aliphatic carboxylic acids is 1. The Labute approximate surface area is 108 Å². The number of amides is 1. The lowest BCUT2D eigenvalue weighted by molar-refractivity contribution is -0.139. The van der Waals surface area contributed by atoms with Gasteiger partial charge in [-0.05, 0) is 31.1 Å². The van der Waals surface area contributed by atoms with Crippen molar-refractivity contribution in [3.63, 3.8) is 0 Å². The number of hydrogen-bond acceptors (Lipinski definition) is 3. The van der Waals surface area contributed by atoms with Gasteiger partial charge in [0.2, 0.25) is 5.91 Å². The molecule has 1 saturated heterocycles. The second-order valence-electron chi connectivity index (χ2n) is 5.60. The van der Waals surface area contributed by atoms with Gasteiger partial charge in [-0.3, -0.25) is 9.59 Å². The van der Waals surface area contributed by atoms with E-state index in [1.807, 2.05) is 13.8 Å². The van der Waals surface area contributed by atoms with Gasteiger partial charge in [-0.25, -0.2) is 0 Å². The van der Waals surface area contributed by atoms with Crippen molar-refractivity contribution in [3.05, 3.63) is 0 Å². The average molecular weight is 256 g/mol. The van der Waals surface area contributed by atoms with Gasteiger partial charge in [0.1, 0.15) is 0 Å². The minimum absolute atomic E-state index is 0.0116. The van der Waals surface area contributed by atoms with E-state index in [9.17, 15) is 9.59 Å². The molecular weight excluding hydrogens is 232 g/mol. The molecule has 1 atom stereocenters. The van der Waals surface area contributed by atoms with Crippen LogP contribution in [0.5, 0.6) is 0 Å². The zero-order valence-electron chi connectivity index (χ0n) is 11.3. The molecule has 0 radical (unpaired) electrons. The molecule has 1 heterocycles. The number of carbonyl (C=O) groups is 2. The van der Waals surface area contributed by atoms with E-state index in [-0.39, 0.29) is 18.2 Å². The number of rotatable bonds is 5. The normalized spacial score (nSPS) is 19.0. The van der Waals surface area contributed by atoms with Crippen molar-refractivity contribution in [1.29, 1.82) is 0 Å². The first-order chi connectivity index (χ1) is 8.40. The Bertz CT molecular complexity index is 297. The van der Waals surface area contributed by atoms with E-state index in [2.05, 4.69) is 0 Å². The topological polar surface area (TPSA) is 83.6 Å². The monoisotopic (exact) mass is 256 g/mol. The molecule has 5 nitrogen and oxygen atoms in total. The molecule has 0 bridgehead atoms. The molecule has 0 aromatic carbocycles. The van der Waals surface area contributed by atoms with E-state index in [1.165, 1.54) is 0 Å². The number of nitrogens with two attached hydrogens (primary N) is 1. The molecule has 5 heteroatoms. The number of carboxylic acids is 1. The summed E-state index contributed by atoms with van der Waals surface area (Å²) in [5.74, 6) is -0.130. The van der Waals surface area contributed by atoms with Gasteiger partial charge in [-0.1, -0.05) is 13.8 Å². The average Bonchev–Trinajstić information content (AvgIpc) is 2.27. The van der Waals surface area contributed by atoms with Crippen molar-refractivity contribution in [2.75, 3.05) is 13.1 Å². The highest BCUT2D eigenvalue weighted by atomic mass is 16.4. The van der Waals surface area contributed by atoms with E-state index in [0.717, 1.165) is 12.8 Å². The predicted octanol–water partition coefficient (Wildman–Crippen LogP) is 1.07. The van der Waals surface area contributed by atoms with Crippen LogP contribution in [0.3, 0.4) is 0 Å². The second-order valence-corrected chi connectivity index (χ2v) is 5.60. The fourth-order valence-corrected chi connectivity index (χ4v) is 2.45. The first-order valence-corrected chi connectivity index (χ1v) is 6.66. The van der Waals surface area contributed by atoms with Crippen molar-refractivity contribution in [2.24, 2.45) is 17.6 Å². The van der Waals surface area contributed by atoms with Crippen molar-refractivity contribution in [3.8, 4) is 0 Å². The summed E-state index contributed by atoms with van der Waals surface area (Å²) in [5.41, 5.74) is 5.88. The van der Waals surface area contributed by atoms with Crippen LogP contribution >= 0.6 is 0 Å². The van der Waals surface area contributed by atoms with E-state index >= 15 is 0 Å². The van der Waals surface area contributed by atoms with E-state index in [0.29, 0.717) is 25.4 Å². The molecule has 1 amide bonds. The van der Waals surface area contributed by atoms with Crippen LogP contribution in [0.4, 0.5) is 0 Å². The highest BCUT2D eigenvalue weighted by molar-refractivity contribution is 5.81. The highest BCUT2D eigenvalue weighted by Gasteiger charge is 2.27. The minimum atomic E-state index is -0.753. The SMILES string of the molecule is CC(C)C[C@@H](N)C(=O)N1CCC(CC(=O)O)CC1. The first kappa shape index (κ1) is 15.0. The van der Waals surface area contributed by atoms with Gasteiger partial charge in [0.25, 0.3) is 0 Å². The molecule has 1 rings (SSSR count). The number of carbonyl (C=O) groups excluding carboxylic acids is 1. The molecular formula is C13H24N2O3. The number of hydrogen-bond donors (Lipinski definition) is 2. The lowest BCUT2D eigenvalue weighted by atomic mass is 9.93. The van der Waals surface area contributed by atoms with E-state index in [1.54, 1.807) is 4.90 Å². The molecule has 0 aliphatic carbocycles. The van der Waals surface area contributed by atoms with Gasteiger partial charge in [0.05, 0.1) is 6.04 Å². The highest BCUT2D eigenvalue weighted by Crippen LogP contribution is 2.21. The molecule has 1 aliphatic rings. The minimum Gasteiger partial charge on any atom is -0.481 e. The van der Waals surface area contributed by atoms with Gasteiger partial charge in [-0.2, -0.15) is 0 Å². The zero-order valence-corrected chi connectivity index (χ0v) is 11.3. The van der Waals surface area contributed by atoms with Gasteiger partial charge in [0, 0.05) is 19.5 Å². The predicted molar refractivity (Wildman–Crippen MR) is 69.0 cm³/mol.